The molecule has 0 fully saturated rings. The Hall–Kier alpha value is -2.31. The summed E-state index contributed by atoms with van der Waals surface area (Å²) < 4.78 is 5.54. The number of nitrogens with zero attached hydrogens (tertiary/aromatic N) is 3. The molecule has 2 heterocycles. The molecule has 2 rings (SSSR count). The van der Waals surface area contributed by atoms with Gasteiger partial charge in [0, 0.05) is 25.2 Å². The second-order valence-corrected chi connectivity index (χ2v) is 6.11. The number of anilines is 1. The number of hydrogen-bond acceptors (Lipinski definition) is 5. The summed E-state index contributed by atoms with van der Waals surface area (Å²) in [6.45, 7) is 6.50. The van der Waals surface area contributed by atoms with Crippen molar-refractivity contribution in [3.8, 4) is 0 Å². The molecule has 0 aliphatic heterocycles. The van der Waals surface area contributed by atoms with Gasteiger partial charge in [-0.25, -0.2) is 0 Å². The van der Waals surface area contributed by atoms with Crippen molar-refractivity contribution in [1.82, 2.24) is 20.1 Å². The van der Waals surface area contributed by atoms with Crippen LogP contribution in [0.5, 0.6) is 0 Å². The number of rotatable bonds is 4. The van der Waals surface area contributed by atoms with Crippen molar-refractivity contribution in [2.75, 3.05) is 19.4 Å². The first-order chi connectivity index (χ1) is 9.77. The second-order valence-electron chi connectivity index (χ2n) is 6.11. The van der Waals surface area contributed by atoms with Crippen LogP contribution in [0.2, 0.25) is 0 Å². The van der Waals surface area contributed by atoms with Crippen LogP contribution in [0.1, 0.15) is 42.8 Å². The molecular weight excluding hydrogens is 270 g/mol. The summed E-state index contributed by atoms with van der Waals surface area (Å²) in [4.78, 5) is 16.4. The molecule has 0 aromatic carbocycles. The zero-order chi connectivity index (χ0) is 15.6. The lowest BCUT2D eigenvalue weighted by Crippen LogP contribution is -2.22. The van der Waals surface area contributed by atoms with Gasteiger partial charge in [-0.2, -0.15) is 0 Å². The molecular formula is C14H21N5O2. The molecule has 0 bridgehead atoms. The Morgan fingerprint density at radius 1 is 1.33 bits per heavy atom. The van der Waals surface area contributed by atoms with E-state index in [1.807, 2.05) is 26.8 Å². The number of nitrogens with one attached hydrogen (secondary N) is 2. The van der Waals surface area contributed by atoms with Crippen LogP contribution in [0, 0.1) is 0 Å². The number of carbonyl (C=O) groups is 1. The van der Waals surface area contributed by atoms with Crippen molar-refractivity contribution in [2.45, 2.75) is 32.7 Å². The number of hydrogen-bond donors (Lipinski definition) is 2. The van der Waals surface area contributed by atoms with Crippen LogP contribution in [0.15, 0.2) is 16.5 Å². The van der Waals surface area contributed by atoms with Crippen molar-refractivity contribution in [2.24, 2.45) is 0 Å². The minimum atomic E-state index is -0.176. The normalized spacial score (nSPS) is 11.5. The van der Waals surface area contributed by atoms with Gasteiger partial charge < -0.3 is 19.6 Å². The summed E-state index contributed by atoms with van der Waals surface area (Å²) in [7, 11) is 3.43. The molecule has 0 spiro atoms. The Morgan fingerprint density at radius 3 is 2.62 bits per heavy atom. The highest BCUT2D eigenvalue weighted by Crippen LogP contribution is 2.22. The molecule has 114 valence electrons. The molecule has 0 saturated carbocycles. The van der Waals surface area contributed by atoms with Crippen molar-refractivity contribution in [1.29, 1.82) is 0 Å². The van der Waals surface area contributed by atoms with Gasteiger partial charge in [0.2, 0.25) is 5.89 Å². The van der Waals surface area contributed by atoms with E-state index in [4.69, 9.17) is 4.42 Å². The van der Waals surface area contributed by atoms with E-state index in [-0.39, 0.29) is 11.3 Å². The predicted molar refractivity (Wildman–Crippen MR) is 79.1 cm³/mol. The summed E-state index contributed by atoms with van der Waals surface area (Å²) >= 11 is 0. The largest absolute Gasteiger partial charge is 0.408 e. The number of amides is 1. The number of aromatic amines is 1. The van der Waals surface area contributed by atoms with Gasteiger partial charge in [0.05, 0.1) is 6.54 Å². The van der Waals surface area contributed by atoms with Gasteiger partial charge in [0.15, 0.2) is 0 Å². The van der Waals surface area contributed by atoms with Gasteiger partial charge in [-0.3, -0.25) is 4.79 Å². The maximum absolute atomic E-state index is 11.8. The van der Waals surface area contributed by atoms with Gasteiger partial charge in [-0.05, 0) is 12.1 Å². The van der Waals surface area contributed by atoms with Gasteiger partial charge >= 0.3 is 6.01 Å². The second kappa shape index (κ2) is 5.59. The average Bonchev–Trinajstić information content (AvgIpc) is 3.03. The fourth-order valence-corrected chi connectivity index (χ4v) is 1.68. The quantitative estimate of drug-likeness (QED) is 0.899. The van der Waals surface area contributed by atoms with E-state index in [9.17, 15) is 4.79 Å². The highest BCUT2D eigenvalue weighted by molar-refractivity contribution is 5.92. The van der Waals surface area contributed by atoms with Crippen molar-refractivity contribution in [3.63, 3.8) is 0 Å². The molecule has 0 aliphatic rings. The van der Waals surface area contributed by atoms with E-state index in [2.05, 4.69) is 20.5 Å². The monoisotopic (exact) mass is 291 g/mol. The Bertz CT molecular complexity index is 621. The number of carbonyl (C=O) groups excluding carboxylic acids is 1. The Morgan fingerprint density at radius 2 is 2.05 bits per heavy atom. The highest BCUT2D eigenvalue weighted by Gasteiger charge is 2.21. The van der Waals surface area contributed by atoms with E-state index in [0.717, 1.165) is 5.69 Å². The molecule has 0 unspecified atom stereocenters. The van der Waals surface area contributed by atoms with Crippen molar-refractivity contribution in [3.05, 3.63) is 29.4 Å². The molecule has 0 saturated heterocycles. The third-order valence-corrected chi connectivity index (χ3v) is 2.88. The molecule has 7 nitrogen and oxygen atoms in total. The zero-order valence-electron chi connectivity index (χ0n) is 13.0. The summed E-state index contributed by atoms with van der Waals surface area (Å²) in [6.07, 6.45) is 0. The minimum absolute atomic E-state index is 0.0611. The third kappa shape index (κ3) is 3.62. The number of aromatic nitrogens is 3. The summed E-state index contributed by atoms with van der Waals surface area (Å²) in [6, 6.07) is 3.98. The van der Waals surface area contributed by atoms with Gasteiger partial charge in [-0.15, -0.1) is 5.10 Å². The first kappa shape index (κ1) is 15.1. The van der Waals surface area contributed by atoms with E-state index < -0.39 is 0 Å². The summed E-state index contributed by atoms with van der Waals surface area (Å²) in [5.41, 5.74) is 1.25. The maximum atomic E-state index is 11.8. The van der Waals surface area contributed by atoms with Crippen molar-refractivity contribution >= 4 is 11.9 Å². The fourth-order valence-electron chi connectivity index (χ4n) is 1.68. The zero-order valence-corrected chi connectivity index (χ0v) is 13.0. The van der Waals surface area contributed by atoms with E-state index in [0.29, 0.717) is 24.1 Å². The van der Waals surface area contributed by atoms with Crippen LogP contribution in [-0.4, -0.2) is 40.1 Å². The van der Waals surface area contributed by atoms with Gasteiger partial charge in [-0.1, -0.05) is 25.9 Å². The molecule has 0 atom stereocenters. The van der Waals surface area contributed by atoms with Crippen LogP contribution in [-0.2, 0) is 12.0 Å². The van der Waals surface area contributed by atoms with Gasteiger partial charge in [0.1, 0.15) is 5.69 Å². The molecule has 7 heteroatoms. The molecule has 2 aromatic heterocycles. The Kier molecular flexibility index (Phi) is 4.02. The first-order valence-corrected chi connectivity index (χ1v) is 6.75. The number of H-pyrrole nitrogens is 1. The minimum Gasteiger partial charge on any atom is -0.408 e. The molecule has 0 aliphatic carbocycles. The SMILES string of the molecule is CN(C)C(=O)c1ccc(CNc2nnc(C(C)(C)C)o2)[nH]1. The molecule has 2 N–H and O–H groups in total. The molecule has 1 amide bonds. The lowest BCUT2D eigenvalue weighted by atomic mass is 9.97. The maximum Gasteiger partial charge on any atom is 0.315 e. The molecule has 21 heavy (non-hydrogen) atoms. The van der Waals surface area contributed by atoms with E-state index in [1.165, 1.54) is 4.90 Å². The lowest BCUT2D eigenvalue weighted by Gasteiger charge is -2.10. The van der Waals surface area contributed by atoms with Crippen LogP contribution < -0.4 is 5.32 Å². The highest BCUT2D eigenvalue weighted by atomic mass is 16.4. The summed E-state index contributed by atoms with van der Waals surface area (Å²) in [5, 5.41) is 11.0. The van der Waals surface area contributed by atoms with Crippen LogP contribution in [0.3, 0.4) is 0 Å². The third-order valence-electron chi connectivity index (χ3n) is 2.88. The van der Waals surface area contributed by atoms with Gasteiger partial charge in [0.25, 0.3) is 5.91 Å². The molecule has 2 aromatic rings. The lowest BCUT2D eigenvalue weighted by molar-refractivity contribution is 0.0822. The Balaban J connectivity index is 1.98. The van der Waals surface area contributed by atoms with Crippen LogP contribution >= 0.6 is 0 Å². The Labute approximate surface area is 123 Å². The molecule has 0 radical (unpaired) electrons. The van der Waals surface area contributed by atoms with E-state index in [1.54, 1.807) is 20.2 Å². The van der Waals surface area contributed by atoms with Crippen molar-refractivity contribution < 1.29 is 9.21 Å². The average molecular weight is 291 g/mol. The first-order valence-electron chi connectivity index (χ1n) is 6.75. The smallest absolute Gasteiger partial charge is 0.315 e. The van der Waals surface area contributed by atoms with E-state index >= 15 is 0 Å². The summed E-state index contributed by atoms with van der Waals surface area (Å²) in [5.74, 6) is 0.522. The van der Waals surface area contributed by atoms with Crippen LogP contribution in [0.4, 0.5) is 6.01 Å². The predicted octanol–water partition coefficient (Wildman–Crippen LogP) is 2.01. The fraction of sp³-hybridized carbons (Fsp3) is 0.500. The van der Waals surface area contributed by atoms with Crippen LogP contribution in [0.25, 0.3) is 0 Å². The topological polar surface area (TPSA) is 87.1 Å². The standard InChI is InChI=1S/C14H21N5O2/c1-14(2,3)12-17-18-13(21-12)15-8-9-6-7-10(16-9)11(20)19(4)5/h6-7,16H,8H2,1-5H3,(H,15,18).